The number of amides is 2. The number of hydrogen-bond donors (Lipinski definition) is 3. The van der Waals surface area contributed by atoms with Crippen LogP contribution >= 0.6 is 11.6 Å². The lowest BCUT2D eigenvalue weighted by atomic mass is 9.98. The lowest BCUT2D eigenvalue weighted by Gasteiger charge is -2.39. The van der Waals surface area contributed by atoms with Crippen molar-refractivity contribution in [2.24, 2.45) is 22.6 Å². The van der Waals surface area contributed by atoms with Gasteiger partial charge in [-0.05, 0) is 49.4 Å². The van der Waals surface area contributed by atoms with Gasteiger partial charge in [-0.15, -0.1) is 0 Å². The van der Waals surface area contributed by atoms with Crippen LogP contribution in [-0.4, -0.2) is 71.7 Å². The number of pyridine rings is 1. The molecule has 3 atom stereocenters. The minimum atomic E-state index is -4.81. The molecule has 3 fully saturated rings. The average molecular weight is 667 g/mol. The molecule has 1 aromatic carbocycles. The van der Waals surface area contributed by atoms with Crippen molar-refractivity contribution < 1.29 is 44.7 Å². The van der Waals surface area contributed by atoms with E-state index in [0.717, 1.165) is 17.2 Å². The van der Waals surface area contributed by atoms with Gasteiger partial charge in [0, 0.05) is 59.6 Å². The Morgan fingerprint density at radius 3 is 2.38 bits per heavy atom. The maximum atomic E-state index is 13.8. The highest BCUT2D eigenvalue weighted by Gasteiger charge is 2.62. The van der Waals surface area contributed by atoms with Gasteiger partial charge in [0.25, 0.3) is 11.8 Å². The maximum absolute atomic E-state index is 13.8. The number of nitrogens with zero attached hydrogens (tertiary/aromatic N) is 3. The number of rotatable bonds is 8. The smallest absolute Gasteiger partial charge is 0.401 e. The van der Waals surface area contributed by atoms with E-state index < -0.39 is 66.8 Å². The molecule has 2 aliphatic carbocycles. The molecule has 0 radical (unpaired) electrons. The van der Waals surface area contributed by atoms with Crippen molar-refractivity contribution in [1.82, 2.24) is 15.2 Å². The zero-order valence-electron chi connectivity index (χ0n) is 23.3. The molecular weight excluding hydrogens is 640 g/mol. The van der Waals surface area contributed by atoms with E-state index in [1.54, 1.807) is 0 Å². The molecule has 0 bridgehead atoms. The Kier molecular flexibility index (Phi) is 8.66. The van der Waals surface area contributed by atoms with E-state index in [-0.39, 0.29) is 58.3 Å². The molecule has 2 saturated carbocycles. The number of fused-ring (bicyclic) bond motifs is 1. The number of anilines is 1. The van der Waals surface area contributed by atoms with E-state index in [1.165, 1.54) is 18.2 Å². The topological polar surface area (TPSA) is 113 Å². The first-order chi connectivity index (χ1) is 20.9. The van der Waals surface area contributed by atoms with Crippen LogP contribution in [0.1, 0.15) is 31.4 Å². The number of likely N-dealkylation sites (tertiary alicyclic amines) is 1. The Morgan fingerprint density at radius 2 is 1.78 bits per heavy atom. The minimum Gasteiger partial charge on any atom is -0.401 e. The van der Waals surface area contributed by atoms with Gasteiger partial charge < -0.3 is 21.3 Å². The maximum Gasteiger partial charge on any atom is 0.433 e. The molecule has 17 heteroatoms. The zero-order valence-corrected chi connectivity index (χ0v) is 24.0. The first-order valence-corrected chi connectivity index (χ1v) is 14.3. The first kappa shape index (κ1) is 32.7. The van der Waals surface area contributed by atoms with Crippen molar-refractivity contribution in [3.8, 4) is 0 Å². The highest BCUT2D eigenvalue weighted by Crippen LogP contribution is 2.49. The predicted molar refractivity (Wildman–Crippen MR) is 149 cm³/mol. The van der Waals surface area contributed by atoms with Gasteiger partial charge in [0.2, 0.25) is 5.91 Å². The fourth-order valence-electron chi connectivity index (χ4n) is 5.25. The number of nitrogens with one attached hydrogen (secondary N) is 2. The first-order valence-electron chi connectivity index (χ1n) is 13.9. The number of piperidine rings is 1. The summed E-state index contributed by atoms with van der Waals surface area (Å²) in [4.78, 5) is 34.3. The summed E-state index contributed by atoms with van der Waals surface area (Å²) >= 11 is 6.08. The number of halogens is 9. The van der Waals surface area contributed by atoms with E-state index in [4.69, 9.17) is 17.3 Å². The van der Waals surface area contributed by atoms with E-state index >= 15 is 0 Å². The molecule has 1 saturated heterocycles. The lowest BCUT2D eigenvalue weighted by Crippen LogP contribution is -2.56. The van der Waals surface area contributed by atoms with Gasteiger partial charge in [-0.3, -0.25) is 14.6 Å². The molecule has 1 aliphatic heterocycles. The Labute approximate surface area is 256 Å². The number of aromatic nitrogens is 1. The summed E-state index contributed by atoms with van der Waals surface area (Å²) < 4.78 is 107. The zero-order chi connectivity index (χ0) is 32.9. The van der Waals surface area contributed by atoms with Crippen molar-refractivity contribution in [1.29, 1.82) is 0 Å². The molecule has 8 nitrogen and oxygen atoms in total. The van der Waals surface area contributed by atoms with Crippen LogP contribution in [0.2, 0.25) is 5.02 Å². The molecule has 1 aromatic heterocycles. The number of carbonyl (C=O) groups is 2. The molecule has 0 unspecified atom stereocenters. The van der Waals surface area contributed by atoms with Crippen molar-refractivity contribution in [2.45, 2.75) is 56.0 Å². The van der Waals surface area contributed by atoms with Gasteiger partial charge in [0.15, 0.2) is 0 Å². The number of nitrogens with two attached hydrogens (primary N) is 1. The summed E-state index contributed by atoms with van der Waals surface area (Å²) in [6, 6.07) is 3.00. The molecule has 5 rings (SSSR count). The van der Waals surface area contributed by atoms with Crippen LogP contribution in [0.15, 0.2) is 40.5 Å². The largest absolute Gasteiger partial charge is 0.433 e. The van der Waals surface area contributed by atoms with Crippen molar-refractivity contribution in [2.75, 3.05) is 25.0 Å². The van der Waals surface area contributed by atoms with Crippen LogP contribution in [0.4, 0.5) is 40.8 Å². The predicted octanol–water partition coefficient (Wildman–Crippen LogP) is 5.32. The van der Waals surface area contributed by atoms with Gasteiger partial charge >= 0.3 is 12.4 Å². The Hall–Kier alpha value is -3.69. The van der Waals surface area contributed by atoms with Gasteiger partial charge in [-0.25, -0.2) is 13.8 Å². The minimum absolute atomic E-state index is 0.00137. The van der Waals surface area contributed by atoms with Crippen LogP contribution in [-0.2, 0) is 15.8 Å². The second-order valence-corrected chi connectivity index (χ2v) is 11.9. The molecular formula is C28H27ClF8N6O2. The molecule has 3 aliphatic rings. The Bertz CT molecular complexity index is 1560. The average Bonchev–Trinajstić information content (AvgIpc) is 3.86. The number of allylic oxidation sites excluding steroid dienone is 1. The summed E-state index contributed by atoms with van der Waals surface area (Å²) in [6.45, 7) is -1.98. The van der Waals surface area contributed by atoms with E-state index in [9.17, 15) is 44.7 Å². The summed E-state index contributed by atoms with van der Waals surface area (Å²) in [5, 5.41) is 5.97. The highest BCUT2D eigenvalue weighted by molar-refractivity contribution is 6.31. The van der Waals surface area contributed by atoms with E-state index in [2.05, 4.69) is 20.6 Å². The second kappa shape index (κ2) is 11.9. The van der Waals surface area contributed by atoms with Gasteiger partial charge in [-0.2, -0.15) is 26.3 Å². The van der Waals surface area contributed by atoms with Crippen LogP contribution < -0.4 is 16.4 Å². The molecule has 4 N–H and O–H groups in total. The third-order valence-corrected chi connectivity index (χ3v) is 7.94. The summed E-state index contributed by atoms with van der Waals surface area (Å²) in [6.07, 6.45) is -8.15. The number of carbonyl (C=O) groups excluding carboxylic acids is 2. The van der Waals surface area contributed by atoms with Gasteiger partial charge in [0.1, 0.15) is 18.2 Å². The van der Waals surface area contributed by atoms with Gasteiger partial charge in [-0.1, -0.05) is 11.6 Å². The van der Waals surface area contributed by atoms with Gasteiger partial charge in [0.05, 0.1) is 11.1 Å². The Balaban J connectivity index is 1.43. The van der Waals surface area contributed by atoms with Crippen molar-refractivity contribution in [3.05, 3.63) is 46.3 Å². The highest BCUT2D eigenvalue weighted by atomic mass is 35.5. The normalized spacial score (nSPS) is 24.0. The summed E-state index contributed by atoms with van der Waals surface area (Å²) in [5.74, 6) is -6.81. The van der Waals surface area contributed by atoms with Crippen molar-refractivity contribution >= 4 is 46.2 Å². The number of hydrogen-bond acceptors (Lipinski definition) is 6. The quantitative estimate of drug-likeness (QED) is 0.201. The third-order valence-electron chi connectivity index (χ3n) is 7.71. The van der Waals surface area contributed by atoms with Crippen LogP contribution in [0.5, 0.6) is 0 Å². The van der Waals surface area contributed by atoms with E-state index in [0.29, 0.717) is 12.8 Å². The van der Waals surface area contributed by atoms with Crippen LogP contribution in [0.3, 0.4) is 0 Å². The summed E-state index contributed by atoms with van der Waals surface area (Å²) in [7, 11) is 0. The number of alkyl halides is 8. The molecule has 2 heterocycles. The second-order valence-electron chi connectivity index (χ2n) is 11.5. The summed E-state index contributed by atoms with van der Waals surface area (Å²) in [5.41, 5.74) is 4.50. The van der Waals surface area contributed by atoms with Crippen LogP contribution in [0, 0.1) is 11.8 Å². The molecule has 45 heavy (non-hydrogen) atoms. The lowest BCUT2D eigenvalue weighted by molar-refractivity contribution is -0.141. The van der Waals surface area contributed by atoms with E-state index in [1.807, 2.05) is 0 Å². The Morgan fingerprint density at radius 1 is 1.11 bits per heavy atom. The molecule has 244 valence electrons. The fourth-order valence-corrected chi connectivity index (χ4v) is 5.43. The third kappa shape index (κ3) is 7.94. The SMILES string of the molecule is N/C(=C(\C=NCC(F)(F)F)C(=O)N[C@H]1C[C@@H](Nc2cc(C(F)(F)F)nc3ccc(Cl)cc23)CN(C(=O)[C@H]2CC2(F)F)C1)C1CC1. The number of aliphatic imine (C=N–C) groups is 1. The molecule has 2 amide bonds. The van der Waals surface area contributed by atoms with Crippen molar-refractivity contribution in [3.63, 3.8) is 0 Å². The fraction of sp³-hybridized carbons (Fsp3) is 0.500. The standard InChI is InChI=1S/C28H27ClF8N6O2/c29-14-3-4-20-17(5-14)21(7-22(42-20)28(35,36)37)40-15-6-16(11-43(10-15)25(45)19-8-26(19,30)31)41-24(44)18(23(38)13-1-2-13)9-39-12-27(32,33)34/h3-5,7,9,13,15-16,19H,1-2,6,8,10-12,38H2,(H,40,42)(H,41,44)/b23-18+,39-9?/t15-,16+,19-/m1/s1. The molecule has 0 spiro atoms. The molecule has 2 aromatic rings. The number of benzene rings is 1. The van der Waals surface area contributed by atoms with Crippen LogP contribution in [0.25, 0.3) is 10.9 Å². The monoisotopic (exact) mass is 666 g/mol.